The van der Waals surface area contributed by atoms with Crippen LogP contribution in [0.25, 0.3) is 0 Å². The van der Waals surface area contributed by atoms with Gasteiger partial charge in [0.05, 0.1) is 18.0 Å². The standard InChI is InChI=1S/C17H18F2N2O4S/c1-21(26(23,24)16-8-4-14(19)5-9-16)12-17(22)20-10-11-25-15-6-2-13(18)3-7-15/h2-9H,10-12H2,1H3,(H,20,22). The van der Waals surface area contributed by atoms with E-state index in [1.165, 1.54) is 31.3 Å². The first-order valence-electron chi connectivity index (χ1n) is 7.66. The maximum atomic E-state index is 12.9. The third kappa shape index (κ3) is 5.50. The van der Waals surface area contributed by atoms with Crippen molar-refractivity contribution in [2.45, 2.75) is 4.90 Å². The van der Waals surface area contributed by atoms with E-state index in [0.717, 1.165) is 28.6 Å². The van der Waals surface area contributed by atoms with Gasteiger partial charge in [0.1, 0.15) is 24.0 Å². The van der Waals surface area contributed by atoms with Crippen molar-refractivity contribution >= 4 is 15.9 Å². The number of carbonyl (C=O) groups is 1. The van der Waals surface area contributed by atoms with Crippen LogP contribution in [0, 0.1) is 11.6 Å². The summed E-state index contributed by atoms with van der Waals surface area (Å²) >= 11 is 0. The van der Waals surface area contributed by atoms with Crippen LogP contribution < -0.4 is 10.1 Å². The minimum atomic E-state index is -3.89. The van der Waals surface area contributed by atoms with Gasteiger partial charge < -0.3 is 10.1 Å². The molecule has 0 aliphatic carbocycles. The molecule has 0 saturated carbocycles. The lowest BCUT2D eigenvalue weighted by molar-refractivity contribution is -0.121. The Hall–Kier alpha value is -2.52. The largest absolute Gasteiger partial charge is 0.492 e. The number of benzene rings is 2. The average Bonchev–Trinajstić information content (AvgIpc) is 2.60. The Balaban J connectivity index is 1.79. The molecule has 0 aromatic heterocycles. The number of sulfonamides is 1. The van der Waals surface area contributed by atoms with E-state index < -0.39 is 28.3 Å². The first-order chi connectivity index (χ1) is 12.3. The van der Waals surface area contributed by atoms with Crippen LogP contribution in [0.4, 0.5) is 8.78 Å². The molecule has 26 heavy (non-hydrogen) atoms. The average molecular weight is 384 g/mol. The SMILES string of the molecule is CN(CC(=O)NCCOc1ccc(F)cc1)S(=O)(=O)c1ccc(F)cc1. The van der Waals surface area contributed by atoms with Gasteiger partial charge in [-0.3, -0.25) is 4.79 Å². The molecule has 0 aliphatic rings. The Bertz CT molecular complexity index is 840. The van der Waals surface area contributed by atoms with Gasteiger partial charge in [0.25, 0.3) is 0 Å². The van der Waals surface area contributed by atoms with E-state index in [2.05, 4.69) is 5.32 Å². The number of hydrogen-bond donors (Lipinski definition) is 1. The van der Waals surface area contributed by atoms with Crippen molar-refractivity contribution in [3.8, 4) is 5.75 Å². The molecule has 0 saturated heterocycles. The Kier molecular flexibility index (Phi) is 6.64. The lowest BCUT2D eigenvalue weighted by atomic mass is 10.3. The van der Waals surface area contributed by atoms with E-state index in [0.29, 0.717) is 5.75 Å². The molecule has 1 amide bonds. The van der Waals surface area contributed by atoms with Crippen molar-refractivity contribution in [3.05, 3.63) is 60.2 Å². The smallest absolute Gasteiger partial charge is 0.243 e. The minimum Gasteiger partial charge on any atom is -0.492 e. The van der Waals surface area contributed by atoms with Crippen LogP contribution in [0.5, 0.6) is 5.75 Å². The number of hydrogen-bond acceptors (Lipinski definition) is 4. The predicted molar refractivity (Wildman–Crippen MR) is 91.1 cm³/mol. The van der Waals surface area contributed by atoms with Gasteiger partial charge in [0, 0.05) is 7.05 Å². The minimum absolute atomic E-state index is 0.103. The third-order valence-electron chi connectivity index (χ3n) is 3.39. The van der Waals surface area contributed by atoms with Crippen LogP contribution in [0.15, 0.2) is 53.4 Å². The molecule has 0 fully saturated rings. The molecule has 0 heterocycles. The van der Waals surface area contributed by atoms with Crippen LogP contribution in [-0.2, 0) is 14.8 Å². The molecule has 0 bridgehead atoms. The number of amides is 1. The highest BCUT2D eigenvalue weighted by Gasteiger charge is 2.22. The van der Waals surface area contributed by atoms with Gasteiger partial charge >= 0.3 is 0 Å². The normalized spacial score (nSPS) is 11.4. The first kappa shape index (κ1) is 19.8. The summed E-state index contributed by atoms with van der Waals surface area (Å²) in [6.07, 6.45) is 0. The number of nitrogens with one attached hydrogen (secondary N) is 1. The lowest BCUT2D eigenvalue weighted by Crippen LogP contribution is -2.39. The van der Waals surface area contributed by atoms with Crippen molar-refractivity contribution in [2.24, 2.45) is 0 Å². The Morgan fingerprint density at radius 3 is 2.15 bits per heavy atom. The van der Waals surface area contributed by atoms with Crippen LogP contribution in [-0.4, -0.2) is 45.4 Å². The second kappa shape index (κ2) is 8.72. The second-order valence-electron chi connectivity index (χ2n) is 5.37. The topological polar surface area (TPSA) is 75.7 Å². The third-order valence-corrected chi connectivity index (χ3v) is 5.21. The number of halogens is 2. The van der Waals surface area contributed by atoms with E-state index in [4.69, 9.17) is 4.74 Å². The summed E-state index contributed by atoms with van der Waals surface area (Å²) in [4.78, 5) is 11.8. The van der Waals surface area contributed by atoms with Gasteiger partial charge in [-0.2, -0.15) is 4.31 Å². The highest BCUT2D eigenvalue weighted by molar-refractivity contribution is 7.89. The molecule has 0 spiro atoms. The summed E-state index contributed by atoms with van der Waals surface area (Å²) in [6.45, 7) is -0.0945. The molecule has 9 heteroatoms. The molecule has 0 atom stereocenters. The van der Waals surface area contributed by atoms with Crippen LogP contribution in [0.1, 0.15) is 0 Å². The van der Waals surface area contributed by atoms with Gasteiger partial charge in [0.15, 0.2) is 0 Å². The van der Waals surface area contributed by atoms with Crippen molar-refractivity contribution in [1.82, 2.24) is 9.62 Å². The van der Waals surface area contributed by atoms with E-state index in [1.54, 1.807) is 0 Å². The van der Waals surface area contributed by atoms with Crippen LogP contribution in [0.3, 0.4) is 0 Å². The maximum Gasteiger partial charge on any atom is 0.243 e. The molecule has 0 unspecified atom stereocenters. The zero-order chi connectivity index (χ0) is 19.2. The summed E-state index contributed by atoms with van der Waals surface area (Å²) in [5.41, 5.74) is 0. The van der Waals surface area contributed by atoms with Crippen molar-refractivity contribution < 1.29 is 26.7 Å². The number of nitrogens with zero attached hydrogens (tertiary/aromatic N) is 1. The van der Waals surface area contributed by atoms with E-state index in [-0.39, 0.29) is 23.9 Å². The van der Waals surface area contributed by atoms with Crippen molar-refractivity contribution in [3.63, 3.8) is 0 Å². The van der Waals surface area contributed by atoms with E-state index >= 15 is 0 Å². The Morgan fingerprint density at radius 1 is 1.04 bits per heavy atom. The predicted octanol–water partition coefficient (Wildman–Crippen LogP) is 1.78. The monoisotopic (exact) mass is 384 g/mol. The molecule has 0 aliphatic heterocycles. The van der Waals surface area contributed by atoms with E-state index in [9.17, 15) is 22.0 Å². The van der Waals surface area contributed by atoms with Gasteiger partial charge in [-0.05, 0) is 48.5 Å². The zero-order valence-electron chi connectivity index (χ0n) is 14.0. The molecule has 2 aromatic carbocycles. The summed E-state index contributed by atoms with van der Waals surface area (Å²) in [5.74, 6) is -0.987. The number of likely N-dealkylation sites (N-methyl/N-ethyl adjacent to an activating group) is 1. The molecule has 2 aromatic rings. The number of carbonyl (C=O) groups excluding carboxylic acids is 1. The van der Waals surface area contributed by atoms with Crippen LogP contribution in [0.2, 0.25) is 0 Å². The zero-order valence-corrected chi connectivity index (χ0v) is 14.8. The summed E-state index contributed by atoms with van der Waals surface area (Å²) in [5, 5.41) is 2.52. The van der Waals surface area contributed by atoms with Gasteiger partial charge in [-0.25, -0.2) is 17.2 Å². The molecule has 1 N–H and O–H groups in total. The Labute approximate surface area is 150 Å². The summed E-state index contributed by atoms with van der Waals surface area (Å²) in [6, 6.07) is 9.76. The molecular weight excluding hydrogens is 366 g/mol. The molecule has 140 valence electrons. The molecule has 6 nitrogen and oxygen atoms in total. The van der Waals surface area contributed by atoms with Crippen molar-refractivity contribution in [2.75, 3.05) is 26.7 Å². The molecule has 0 radical (unpaired) electrons. The number of rotatable bonds is 8. The van der Waals surface area contributed by atoms with E-state index in [1.807, 2.05) is 0 Å². The highest BCUT2D eigenvalue weighted by atomic mass is 32.2. The molecular formula is C17H18F2N2O4S. The fourth-order valence-corrected chi connectivity index (χ4v) is 3.15. The fraction of sp³-hybridized carbons (Fsp3) is 0.235. The first-order valence-corrected chi connectivity index (χ1v) is 9.10. The van der Waals surface area contributed by atoms with Gasteiger partial charge in [-0.1, -0.05) is 0 Å². The number of ether oxygens (including phenoxy) is 1. The van der Waals surface area contributed by atoms with Crippen molar-refractivity contribution in [1.29, 1.82) is 0 Å². The van der Waals surface area contributed by atoms with Gasteiger partial charge in [-0.15, -0.1) is 0 Å². The fourth-order valence-electron chi connectivity index (χ4n) is 2.02. The summed E-state index contributed by atoms with van der Waals surface area (Å²) < 4.78 is 56.4. The molecule has 2 rings (SSSR count). The lowest BCUT2D eigenvalue weighted by Gasteiger charge is -2.17. The second-order valence-corrected chi connectivity index (χ2v) is 7.41. The quantitative estimate of drug-likeness (QED) is 0.704. The summed E-state index contributed by atoms with van der Waals surface area (Å²) in [7, 11) is -2.63. The Morgan fingerprint density at radius 2 is 1.58 bits per heavy atom. The highest BCUT2D eigenvalue weighted by Crippen LogP contribution is 2.14. The maximum absolute atomic E-state index is 12.9. The van der Waals surface area contributed by atoms with Crippen LogP contribution >= 0.6 is 0 Å². The van der Waals surface area contributed by atoms with Gasteiger partial charge in [0.2, 0.25) is 15.9 Å².